The second-order valence-electron chi connectivity index (χ2n) is 6.06. The van der Waals surface area contributed by atoms with Gasteiger partial charge in [0.2, 0.25) is 0 Å². The van der Waals surface area contributed by atoms with Crippen molar-refractivity contribution in [2.45, 2.75) is 38.8 Å². The number of imide groups is 1. The number of anilines is 1. The molecule has 1 aliphatic heterocycles. The molecule has 0 aromatic heterocycles. The van der Waals surface area contributed by atoms with Crippen LogP contribution in [0.25, 0.3) is 0 Å². The zero-order valence-corrected chi connectivity index (χ0v) is 13.9. The molecule has 4 nitrogen and oxygen atoms in total. The molecule has 1 aliphatic rings. The molecule has 1 heterocycles. The number of benzene rings is 2. The second kappa shape index (κ2) is 7.30. The van der Waals surface area contributed by atoms with Gasteiger partial charge in [0.15, 0.2) is 0 Å². The van der Waals surface area contributed by atoms with Gasteiger partial charge in [-0.3, -0.25) is 4.79 Å². The van der Waals surface area contributed by atoms with Gasteiger partial charge >= 0.3 is 6.03 Å². The van der Waals surface area contributed by atoms with Crippen molar-refractivity contribution >= 4 is 17.6 Å². The van der Waals surface area contributed by atoms with E-state index >= 15 is 0 Å². The molecule has 2 aromatic rings. The van der Waals surface area contributed by atoms with E-state index < -0.39 is 0 Å². The van der Waals surface area contributed by atoms with E-state index in [0.717, 1.165) is 18.4 Å². The highest BCUT2D eigenvalue weighted by molar-refractivity contribution is 6.21. The van der Waals surface area contributed by atoms with E-state index in [1.54, 1.807) is 17.0 Å². The molecule has 0 aliphatic carbocycles. The van der Waals surface area contributed by atoms with E-state index in [0.29, 0.717) is 18.7 Å². The average Bonchev–Trinajstić information content (AvgIpc) is 2.85. The molecule has 0 bridgehead atoms. The number of rotatable bonds is 6. The first-order valence-corrected chi connectivity index (χ1v) is 8.46. The highest BCUT2D eigenvalue weighted by atomic mass is 16.2. The summed E-state index contributed by atoms with van der Waals surface area (Å²) in [4.78, 5) is 28.8. The van der Waals surface area contributed by atoms with Crippen LogP contribution in [0.2, 0.25) is 0 Å². The second-order valence-corrected chi connectivity index (χ2v) is 6.06. The number of hydrogen-bond acceptors (Lipinski definition) is 2. The number of urea groups is 1. The Kier molecular flexibility index (Phi) is 4.94. The Hall–Kier alpha value is -2.62. The summed E-state index contributed by atoms with van der Waals surface area (Å²) in [7, 11) is 0. The summed E-state index contributed by atoms with van der Waals surface area (Å²) < 4.78 is 0. The van der Waals surface area contributed by atoms with Crippen LogP contribution < -0.4 is 4.90 Å². The topological polar surface area (TPSA) is 40.6 Å². The van der Waals surface area contributed by atoms with Gasteiger partial charge in [-0.15, -0.1) is 0 Å². The number of nitrogens with zero attached hydrogens (tertiary/aromatic N) is 2. The minimum atomic E-state index is -0.377. The van der Waals surface area contributed by atoms with Crippen molar-refractivity contribution < 1.29 is 9.59 Å². The fourth-order valence-corrected chi connectivity index (χ4v) is 3.09. The lowest BCUT2D eigenvalue weighted by molar-refractivity contribution is -0.120. The summed E-state index contributed by atoms with van der Waals surface area (Å²) in [6.07, 6.45) is 2.64. The molecular weight excluding hydrogens is 300 g/mol. The molecule has 0 N–H and O–H groups in total. The van der Waals surface area contributed by atoms with Crippen LogP contribution in [-0.2, 0) is 11.3 Å². The van der Waals surface area contributed by atoms with Gasteiger partial charge in [-0.2, -0.15) is 0 Å². The molecule has 1 atom stereocenters. The minimum Gasteiger partial charge on any atom is -0.308 e. The minimum absolute atomic E-state index is 0.115. The standard InChI is InChI=1S/C20H22N2O2/c1-2-3-14-18-19(23)22(17-12-8-5-9-13-17)20(24)21(18)15-16-10-6-4-7-11-16/h4-13,18H,2-3,14-15H2,1H3. The first-order chi connectivity index (χ1) is 11.7. The van der Waals surface area contributed by atoms with Crippen LogP contribution in [0, 0.1) is 0 Å². The molecule has 24 heavy (non-hydrogen) atoms. The Morgan fingerprint density at radius 1 is 0.917 bits per heavy atom. The Morgan fingerprint density at radius 2 is 1.54 bits per heavy atom. The third-order valence-electron chi connectivity index (χ3n) is 4.36. The first kappa shape index (κ1) is 16.2. The number of amides is 3. The molecule has 1 saturated heterocycles. The van der Waals surface area contributed by atoms with E-state index in [1.165, 1.54) is 4.90 Å². The van der Waals surface area contributed by atoms with E-state index in [4.69, 9.17) is 0 Å². The summed E-state index contributed by atoms with van der Waals surface area (Å²) in [6, 6.07) is 18.4. The SMILES string of the molecule is CCCCC1C(=O)N(c2ccccc2)C(=O)N1Cc1ccccc1. The fraction of sp³-hybridized carbons (Fsp3) is 0.300. The molecule has 4 heteroatoms. The Bertz CT molecular complexity index is 700. The van der Waals surface area contributed by atoms with E-state index in [2.05, 4.69) is 6.92 Å². The predicted molar refractivity (Wildman–Crippen MR) is 94.6 cm³/mol. The molecule has 2 aromatic carbocycles. The normalized spacial score (nSPS) is 17.6. The van der Waals surface area contributed by atoms with Crippen LogP contribution in [0.4, 0.5) is 10.5 Å². The quantitative estimate of drug-likeness (QED) is 0.747. The van der Waals surface area contributed by atoms with Gasteiger partial charge in [0.05, 0.1) is 5.69 Å². The summed E-state index contributed by atoms with van der Waals surface area (Å²) in [5.41, 5.74) is 1.68. The van der Waals surface area contributed by atoms with Crippen molar-refractivity contribution in [2.75, 3.05) is 4.90 Å². The summed E-state index contributed by atoms with van der Waals surface area (Å²) in [5.74, 6) is -0.115. The van der Waals surface area contributed by atoms with Gasteiger partial charge in [-0.05, 0) is 24.1 Å². The van der Waals surface area contributed by atoms with E-state index in [1.807, 2.05) is 48.5 Å². The molecule has 0 radical (unpaired) electrons. The molecule has 0 saturated carbocycles. The van der Waals surface area contributed by atoms with Crippen molar-refractivity contribution in [2.24, 2.45) is 0 Å². The molecule has 1 fully saturated rings. The van der Waals surface area contributed by atoms with Gasteiger partial charge in [-0.1, -0.05) is 68.3 Å². The molecule has 3 rings (SSSR count). The van der Waals surface area contributed by atoms with E-state index in [-0.39, 0.29) is 18.0 Å². The van der Waals surface area contributed by atoms with Crippen LogP contribution in [0.15, 0.2) is 60.7 Å². The number of carbonyl (C=O) groups excluding carboxylic acids is 2. The predicted octanol–water partition coefficient (Wildman–Crippen LogP) is 4.21. The molecule has 1 unspecified atom stereocenters. The Balaban J connectivity index is 1.89. The van der Waals surface area contributed by atoms with Crippen molar-refractivity contribution in [3.63, 3.8) is 0 Å². The van der Waals surface area contributed by atoms with Gasteiger partial charge < -0.3 is 4.90 Å². The molecule has 3 amide bonds. The van der Waals surface area contributed by atoms with Gasteiger partial charge in [0.1, 0.15) is 6.04 Å². The van der Waals surface area contributed by atoms with Crippen molar-refractivity contribution in [3.8, 4) is 0 Å². The van der Waals surface area contributed by atoms with Gasteiger partial charge in [0, 0.05) is 6.54 Å². The Morgan fingerprint density at radius 3 is 2.17 bits per heavy atom. The highest BCUT2D eigenvalue weighted by Gasteiger charge is 2.45. The molecule has 0 spiro atoms. The summed E-state index contributed by atoms with van der Waals surface area (Å²) >= 11 is 0. The zero-order valence-electron chi connectivity index (χ0n) is 13.9. The maximum atomic E-state index is 12.9. The third kappa shape index (κ3) is 3.18. The highest BCUT2D eigenvalue weighted by Crippen LogP contribution is 2.28. The van der Waals surface area contributed by atoms with Gasteiger partial charge in [0.25, 0.3) is 5.91 Å². The molecule has 124 valence electrons. The van der Waals surface area contributed by atoms with E-state index in [9.17, 15) is 9.59 Å². The smallest absolute Gasteiger partial charge is 0.308 e. The summed E-state index contributed by atoms with van der Waals surface area (Å²) in [6.45, 7) is 2.56. The van der Waals surface area contributed by atoms with Crippen LogP contribution in [0.1, 0.15) is 31.7 Å². The van der Waals surface area contributed by atoms with Crippen LogP contribution in [0.3, 0.4) is 0 Å². The maximum Gasteiger partial charge on any atom is 0.332 e. The number of unbranched alkanes of at least 4 members (excludes halogenated alkanes) is 1. The zero-order chi connectivity index (χ0) is 16.9. The lowest BCUT2D eigenvalue weighted by atomic mass is 10.1. The van der Waals surface area contributed by atoms with Crippen molar-refractivity contribution in [1.82, 2.24) is 4.90 Å². The maximum absolute atomic E-state index is 12.9. The number of para-hydroxylation sites is 1. The first-order valence-electron chi connectivity index (χ1n) is 8.46. The number of carbonyl (C=O) groups is 2. The number of hydrogen-bond donors (Lipinski definition) is 0. The van der Waals surface area contributed by atoms with Gasteiger partial charge in [-0.25, -0.2) is 9.69 Å². The summed E-state index contributed by atoms with van der Waals surface area (Å²) in [5, 5.41) is 0. The Labute approximate surface area is 142 Å². The fourth-order valence-electron chi connectivity index (χ4n) is 3.09. The molecular formula is C20H22N2O2. The third-order valence-corrected chi connectivity index (χ3v) is 4.36. The lowest BCUT2D eigenvalue weighted by Crippen LogP contribution is -2.34. The van der Waals surface area contributed by atoms with Crippen LogP contribution >= 0.6 is 0 Å². The monoisotopic (exact) mass is 322 g/mol. The van der Waals surface area contributed by atoms with Crippen LogP contribution in [0.5, 0.6) is 0 Å². The van der Waals surface area contributed by atoms with Crippen molar-refractivity contribution in [1.29, 1.82) is 0 Å². The lowest BCUT2D eigenvalue weighted by Gasteiger charge is -2.21. The van der Waals surface area contributed by atoms with Crippen molar-refractivity contribution in [3.05, 3.63) is 66.2 Å². The van der Waals surface area contributed by atoms with Crippen LogP contribution in [-0.4, -0.2) is 22.9 Å². The largest absolute Gasteiger partial charge is 0.332 e. The average molecular weight is 322 g/mol.